The molecule has 2 aliphatic rings. The third kappa shape index (κ3) is 4.39. The molecule has 0 bridgehead atoms. The van der Waals surface area contributed by atoms with E-state index in [9.17, 15) is 9.90 Å². The lowest BCUT2D eigenvalue weighted by atomic mass is 9.81. The van der Waals surface area contributed by atoms with Crippen LogP contribution >= 0.6 is 0 Å². The molecule has 1 aliphatic carbocycles. The molecule has 3 aromatic carbocycles. The maximum Gasteiger partial charge on any atom is 0.252 e. The molecule has 5 nitrogen and oxygen atoms in total. The van der Waals surface area contributed by atoms with Gasteiger partial charge in [0.05, 0.1) is 24.4 Å². The molecule has 5 heteroatoms. The van der Waals surface area contributed by atoms with E-state index in [1.165, 1.54) is 48.7 Å². The van der Waals surface area contributed by atoms with Crippen LogP contribution < -0.4 is 10.1 Å². The van der Waals surface area contributed by atoms with Crippen molar-refractivity contribution in [1.82, 2.24) is 9.88 Å². The molecule has 1 aromatic heterocycles. The van der Waals surface area contributed by atoms with Gasteiger partial charge < -0.3 is 19.7 Å². The monoisotopic (exact) mass is 508 g/mol. The van der Waals surface area contributed by atoms with Gasteiger partial charge in [0, 0.05) is 22.0 Å². The summed E-state index contributed by atoms with van der Waals surface area (Å²) < 4.78 is 8.56. The highest BCUT2D eigenvalue weighted by atomic mass is 16.5. The topological polar surface area (TPSA) is 63.5 Å². The first kappa shape index (κ1) is 24.7. The van der Waals surface area contributed by atoms with Gasteiger partial charge in [0.25, 0.3) is 5.91 Å². The van der Waals surface area contributed by atoms with Gasteiger partial charge in [-0.05, 0) is 73.6 Å². The number of nitrogens with one attached hydrogen (secondary N) is 1. The first-order valence-electron chi connectivity index (χ1n) is 13.9. The SMILES string of the molecule is CC(C)(NC(=O)c1ccc2c(C3CCCCC3)c3n(c2c1)CCOc1ccccc1-3)c1ccc(CO)cc1. The molecule has 38 heavy (non-hydrogen) atoms. The third-order valence-electron chi connectivity index (χ3n) is 8.38. The lowest BCUT2D eigenvalue weighted by Crippen LogP contribution is -2.41. The Morgan fingerprint density at radius 1 is 1.03 bits per heavy atom. The second-order valence-electron chi connectivity index (χ2n) is 11.3. The number of amides is 1. The van der Waals surface area contributed by atoms with Crippen LogP contribution in [0.4, 0.5) is 0 Å². The average Bonchev–Trinajstić information content (AvgIpc) is 3.14. The largest absolute Gasteiger partial charge is 0.491 e. The number of ether oxygens (including phenoxy) is 1. The Morgan fingerprint density at radius 3 is 2.55 bits per heavy atom. The Balaban J connectivity index is 1.42. The van der Waals surface area contributed by atoms with E-state index in [1.54, 1.807) is 0 Å². The number of fused-ring (bicyclic) bond motifs is 5. The molecule has 4 aromatic rings. The van der Waals surface area contributed by atoms with Crippen LogP contribution in [0.25, 0.3) is 22.2 Å². The number of rotatable bonds is 5. The number of hydrogen-bond donors (Lipinski definition) is 2. The molecule has 2 N–H and O–H groups in total. The van der Waals surface area contributed by atoms with E-state index in [-0.39, 0.29) is 12.5 Å². The summed E-state index contributed by atoms with van der Waals surface area (Å²) in [7, 11) is 0. The molecular formula is C33H36N2O3. The zero-order valence-corrected chi connectivity index (χ0v) is 22.3. The molecule has 0 saturated heterocycles. The van der Waals surface area contributed by atoms with Gasteiger partial charge in [-0.1, -0.05) is 61.7 Å². The lowest BCUT2D eigenvalue weighted by Gasteiger charge is -2.27. The van der Waals surface area contributed by atoms with E-state index >= 15 is 0 Å². The van der Waals surface area contributed by atoms with E-state index in [4.69, 9.17) is 4.74 Å². The molecule has 1 amide bonds. The molecule has 2 heterocycles. The van der Waals surface area contributed by atoms with Gasteiger partial charge in [-0.2, -0.15) is 0 Å². The predicted molar refractivity (Wildman–Crippen MR) is 152 cm³/mol. The van der Waals surface area contributed by atoms with Gasteiger partial charge in [-0.25, -0.2) is 0 Å². The summed E-state index contributed by atoms with van der Waals surface area (Å²) in [5.74, 6) is 1.37. The molecule has 6 rings (SSSR count). The Hall–Kier alpha value is -3.57. The number of carbonyl (C=O) groups is 1. The first-order chi connectivity index (χ1) is 18.5. The van der Waals surface area contributed by atoms with Crippen LogP contribution in [0.1, 0.15) is 78.9 Å². The van der Waals surface area contributed by atoms with Gasteiger partial charge in [0.15, 0.2) is 0 Å². The zero-order chi connectivity index (χ0) is 26.3. The van der Waals surface area contributed by atoms with Crippen molar-refractivity contribution in [3.8, 4) is 17.0 Å². The van der Waals surface area contributed by atoms with Crippen molar-refractivity contribution in [2.75, 3.05) is 6.61 Å². The molecule has 1 aliphatic heterocycles. The second-order valence-corrected chi connectivity index (χ2v) is 11.3. The third-order valence-corrected chi connectivity index (χ3v) is 8.38. The van der Waals surface area contributed by atoms with Crippen LogP contribution in [0.2, 0.25) is 0 Å². The minimum absolute atomic E-state index is 0.00702. The smallest absolute Gasteiger partial charge is 0.252 e. The number of hydrogen-bond acceptors (Lipinski definition) is 3. The summed E-state index contributed by atoms with van der Waals surface area (Å²) in [5, 5.41) is 13.9. The minimum atomic E-state index is -0.559. The van der Waals surface area contributed by atoms with E-state index < -0.39 is 5.54 Å². The van der Waals surface area contributed by atoms with Gasteiger partial charge >= 0.3 is 0 Å². The van der Waals surface area contributed by atoms with Gasteiger partial charge in [0.1, 0.15) is 12.4 Å². The highest BCUT2D eigenvalue weighted by Gasteiger charge is 2.30. The summed E-state index contributed by atoms with van der Waals surface area (Å²) in [4.78, 5) is 13.6. The van der Waals surface area contributed by atoms with Crippen molar-refractivity contribution in [3.63, 3.8) is 0 Å². The fourth-order valence-electron chi connectivity index (χ4n) is 6.33. The second kappa shape index (κ2) is 9.95. The van der Waals surface area contributed by atoms with Crippen LogP contribution in [-0.2, 0) is 18.7 Å². The van der Waals surface area contributed by atoms with E-state index in [1.807, 2.05) is 50.2 Å². The normalized spacial score (nSPS) is 15.9. The number of carbonyl (C=O) groups excluding carboxylic acids is 1. The number of aliphatic hydroxyl groups is 1. The minimum Gasteiger partial charge on any atom is -0.491 e. The highest BCUT2D eigenvalue weighted by Crippen LogP contribution is 2.47. The molecule has 1 fully saturated rings. The number of aromatic nitrogens is 1. The Bertz CT molecular complexity index is 1480. The molecule has 0 unspecified atom stereocenters. The maximum atomic E-state index is 13.6. The van der Waals surface area contributed by atoms with Crippen molar-refractivity contribution >= 4 is 16.8 Å². The van der Waals surface area contributed by atoms with Gasteiger partial charge in [-0.15, -0.1) is 0 Å². The molecule has 1 saturated carbocycles. The van der Waals surface area contributed by atoms with Crippen molar-refractivity contribution < 1.29 is 14.6 Å². The molecule has 0 radical (unpaired) electrons. The van der Waals surface area contributed by atoms with Crippen LogP contribution in [0.3, 0.4) is 0 Å². The average molecular weight is 509 g/mol. The summed E-state index contributed by atoms with van der Waals surface area (Å²) in [6.07, 6.45) is 6.27. The van der Waals surface area contributed by atoms with Crippen molar-refractivity contribution in [1.29, 1.82) is 0 Å². The number of nitrogens with zero attached hydrogens (tertiary/aromatic N) is 1. The molecule has 0 spiro atoms. The fourth-order valence-corrected chi connectivity index (χ4v) is 6.33. The Morgan fingerprint density at radius 2 is 1.79 bits per heavy atom. The maximum absolute atomic E-state index is 13.6. The Labute approximate surface area is 224 Å². The van der Waals surface area contributed by atoms with E-state index in [2.05, 4.69) is 40.2 Å². The number of para-hydroxylation sites is 1. The summed E-state index contributed by atoms with van der Waals surface area (Å²) in [6, 6.07) is 22.3. The summed E-state index contributed by atoms with van der Waals surface area (Å²) >= 11 is 0. The van der Waals surface area contributed by atoms with E-state index in [0.29, 0.717) is 18.1 Å². The van der Waals surface area contributed by atoms with Gasteiger partial charge in [0.2, 0.25) is 0 Å². The Kier molecular flexibility index (Phi) is 6.48. The number of benzene rings is 3. The number of aliphatic hydroxyl groups excluding tert-OH is 1. The molecule has 0 atom stereocenters. The van der Waals surface area contributed by atoms with Crippen LogP contribution in [0, 0.1) is 0 Å². The highest BCUT2D eigenvalue weighted by molar-refractivity contribution is 6.01. The van der Waals surface area contributed by atoms with Crippen molar-refractivity contribution in [3.05, 3.63) is 89.0 Å². The quantitative estimate of drug-likeness (QED) is 0.308. The molecular weight excluding hydrogens is 472 g/mol. The fraction of sp³-hybridized carbons (Fsp3) is 0.364. The summed E-state index contributed by atoms with van der Waals surface area (Å²) in [6.45, 7) is 5.38. The van der Waals surface area contributed by atoms with Gasteiger partial charge in [-0.3, -0.25) is 4.79 Å². The zero-order valence-electron chi connectivity index (χ0n) is 22.3. The predicted octanol–water partition coefficient (Wildman–Crippen LogP) is 6.91. The van der Waals surface area contributed by atoms with Crippen molar-refractivity contribution in [2.45, 2.75) is 70.6 Å². The van der Waals surface area contributed by atoms with E-state index in [0.717, 1.165) is 34.5 Å². The summed E-state index contributed by atoms with van der Waals surface area (Å²) in [5.41, 5.74) is 6.90. The molecule has 196 valence electrons. The van der Waals surface area contributed by atoms with Crippen molar-refractivity contribution in [2.24, 2.45) is 0 Å². The lowest BCUT2D eigenvalue weighted by molar-refractivity contribution is 0.0912. The van der Waals surface area contributed by atoms with Crippen LogP contribution in [0.5, 0.6) is 5.75 Å². The standard InChI is InChI=1S/C33H36N2O3/c1-33(2,25-15-12-22(21-36)13-16-25)34-32(37)24-14-17-26-28(20-24)35-18-19-38-29-11-7-6-10-27(29)31(35)30(26)23-8-4-3-5-9-23/h6-7,10-17,20,23,36H,3-5,8-9,18-19,21H2,1-2H3,(H,34,37). The van der Waals surface area contributed by atoms with Crippen LogP contribution in [-0.4, -0.2) is 22.2 Å². The first-order valence-corrected chi connectivity index (χ1v) is 13.9. The van der Waals surface area contributed by atoms with Crippen LogP contribution in [0.15, 0.2) is 66.7 Å².